The van der Waals surface area contributed by atoms with E-state index in [0.717, 1.165) is 24.3 Å². The fraction of sp³-hybridized carbons (Fsp3) is 0.125. The van der Waals surface area contributed by atoms with Crippen molar-refractivity contribution >= 4 is 56.7 Å². The van der Waals surface area contributed by atoms with E-state index >= 15 is 0 Å². The molecular weight excluding hydrogens is 440 g/mol. The molecule has 5 rings (SSSR count). The van der Waals surface area contributed by atoms with Crippen LogP contribution < -0.4 is 15.5 Å². The molecule has 0 saturated carbocycles. The van der Waals surface area contributed by atoms with Crippen LogP contribution in [0.15, 0.2) is 71.4 Å². The van der Waals surface area contributed by atoms with Crippen LogP contribution in [0.1, 0.15) is 20.9 Å². The van der Waals surface area contributed by atoms with Gasteiger partial charge in [-0.25, -0.2) is 4.98 Å². The third-order valence-electron chi connectivity index (χ3n) is 5.21. The van der Waals surface area contributed by atoms with E-state index in [2.05, 4.69) is 44.8 Å². The molecule has 0 spiro atoms. The van der Waals surface area contributed by atoms with Gasteiger partial charge in [-0.15, -0.1) is 22.7 Å². The van der Waals surface area contributed by atoms with Crippen LogP contribution in [0.25, 0.3) is 0 Å². The molecule has 0 fully saturated rings. The van der Waals surface area contributed by atoms with Gasteiger partial charge in [-0.2, -0.15) is 0 Å². The average molecular weight is 461 g/mol. The Hall–Kier alpha value is -3.49. The summed E-state index contributed by atoms with van der Waals surface area (Å²) < 4.78 is 0. The first-order chi connectivity index (χ1) is 15.7. The summed E-state index contributed by atoms with van der Waals surface area (Å²) >= 11 is 2.68. The van der Waals surface area contributed by atoms with Gasteiger partial charge in [-0.1, -0.05) is 24.3 Å². The lowest BCUT2D eigenvalue weighted by molar-refractivity contribution is -0.115. The van der Waals surface area contributed by atoms with Crippen molar-refractivity contribution < 1.29 is 9.59 Å². The number of rotatable bonds is 6. The lowest BCUT2D eigenvalue weighted by atomic mass is 10.2. The maximum absolute atomic E-state index is 12.5. The third-order valence-corrected chi connectivity index (χ3v) is 6.88. The first-order valence-corrected chi connectivity index (χ1v) is 12.0. The highest BCUT2D eigenvalue weighted by atomic mass is 32.1. The minimum Gasteiger partial charge on any atom is -0.341 e. The standard InChI is InChI=1S/C24H20N4O2S2/c29-22(14-18-15-32-24(26-18)27-23(30)21-6-3-13-31-21)25-17-7-9-19(10-8-17)28-12-11-16-4-1-2-5-20(16)28/h1-10,13,15H,11-12,14H2,(H,25,29)(H,26,27,30). The van der Waals surface area contributed by atoms with Gasteiger partial charge < -0.3 is 10.2 Å². The van der Waals surface area contributed by atoms with E-state index in [1.165, 1.54) is 33.9 Å². The number of para-hydroxylation sites is 1. The van der Waals surface area contributed by atoms with E-state index in [1.807, 2.05) is 35.7 Å². The highest BCUT2D eigenvalue weighted by Gasteiger charge is 2.19. The van der Waals surface area contributed by atoms with Gasteiger partial charge in [0, 0.05) is 29.0 Å². The maximum atomic E-state index is 12.5. The molecule has 0 saturated heterocycles. The molecular formula is C24H20N4O2S2. The lowest BCUT2D eigenvalue weighted by Gasteiger charge is -2.20. The molecule has 1 aliphatic heterocycles. The molecule has 0 unspecified atom stereocenters. The summed E-state index contributed by atoms with van der Waals surface area (Å²) in [6.07, 6.45) is 1.19. The quantitative estimate of drug-likeness (QED) is 0.408. The van der Waals surface area contributed by atoms with Gasteiger partial charge >= 0.3 is 0 Å². The second-order valence-corrected chi connectivity index (χ2v) is 9.18. The summed E-state index contributed by atoms with van der Waals surface area (Å²) in [6, 6.07) is 19.9. The van der Waals surface area contributed by atoms with Gasteiger partial charge in [-0.05, 0) is 53.8 Å². The van der Waals surface area contributed by atoms with Crippen molar-refractivity contribution in [2.45, 2.75) is 12.8 Å². The predicted octanol–water partition coefficient (Wildman–Crippen LogP) is 5.33. The molecule has 32 heavy (non-hydrogen) atoms. The number of carbonyl (C=O) groups excluding carboxylic acids is 2. The molecule has 0 atom stereocenters. The van der Waals surface area contributed by atoms with Crippen molar-refractivity contribution in [2.24, 2.45) is 0 Å². The van der Waals surface area contributed by atoms with Crippen LogP contribution in [0, 0.1) is 0 Å². The van der Waals surface area contributed by atoms with E-state index in [-0.39, 0.29) is 18.2 Å². The van der Waals surface area contributed by atoms with E-state index in [9.17, 15) is 9.59 Å². The number of benzene rings is 2. The summed E-state index contributed by atoms with van der Waals surface area (Å²) in [5, 5.41) is 9.82. The van der Waals surface area contributed by atoms with Crippen LogP contribution in [0.2, 0.25) is 0 Å². The molecule has 0 aliphatic carbocycles. The van der Waals surface area contributed by atoms with E-state index in [1.54, 1.807) is 11.4 Å². The van der Waals surface area contributed by atoms with Gasteiger partial charge in [0.05, 0.1) is 17.0 Å². The van der Waals surface area contributed by atoms with Crippen molar-refractivity contribution in [3.8, 4) is 0 Å². The maximum Gasteiger partial charge on any atom is 0.267 e. The van der Waals surface area contributed by atoms with Crippen molar-refractivity contribution in [3.05, 3.63) is 87.6 Å². The number of fused-ring (bicyclic) bond motifs is 1. The molecule has 2 aromatic carbocycles. The molecule has 6 nitrogen and oxygen atoms in total. The smallest absolute Gasteiger partial charge is 0.267 e. The second-order valence-electron chi connectivity index (χ2n) is 7.38. The monoisotopic (exact) mass is 460 g/mol. The van der Waals surface area contributed by atoms with Crippen molar-refractivity contribution in [2.75, 3.05) is 22.1 Å². The number of thiophene rings is 1. The minimum absolute atomic E-state index is 0.145. The zero-order valence-electron chi connectivity index (χ0n) is 17.1. The number of anilines is 4. The largest absolute Gasteiger partial charge is 0.341 e. The second kappa shape index (κ2) is 8.94. The van der Waals surface area contributed by atoms with Gasteiger partial charge in [0.2, 0.25) is 5.91 Å². The average Bonchev–Trinajstić information content (AvgIpc) is 3.55. The Morgan fingerprint density at radius 3 is 2.62 bits per heavy atom. The summed E-state index contributed by atoms with van der Waals surface area (Å²) in [5.41, 5.74) is 5.08. The predicted molar refractivity (Wildman–Crippen MR) is 130 cm³/mol. The summed E-state index contributed by atoms with van der Waals surface area (Å²) in [7, 11) is 0. The van der Waals surface area contributed by atoms with Crippen molar-refractivity contribution in [1.29, 1.82) is 0 Å². The Morgan fingerprint density at radius 1 is 0.969 bits per heavy atom. The summed E-state index contributed by atoms with van der Waals surface area (Å²) in [4.78, 5) is 31.9. The van der Waals surface area contributed by atoms with E-state index in [4.69, 9.17) is 0 Å². The molecule has 2 aromatic heterocycles. The van der Waals surface area contributed by atoms with Crippen LogP contribution in [0.4, 0.5) is 22.2 Å². The first-order valence-electron chi connectivity index (χ1n) is 10.2. The summed E-state index contributed by atoms with van der Waals surface area (Å²) in [5.74, 6) is -0.336. The lowest BCUT2D eigenvalue weighted by Crippen LogP contribution is -2.16. The number of aromatic nitrogens is 1. The van der Waals surface area contributed by atoms with Crippen LogP contribution in [-0.4, -0.2) is 23.3 Å². The fourth-order valence-electron chi connectivity index (χ4n) is 3.71. The number of hydrogen-bond donors (Lipinski definition) is 2. The SMILES string of the molecule is O=C(Cc1csc(NC(=O)c2cccs2)n1)Nc1ccc(N2CCc3ccccc32)cc1. The Bertz CT molecular complexity index is 1250. The zero-order valence-corrected chi connectivity index (χ0v) is 18.7. The highest BCUT2D eigenvalue weighted by molar-refractivity contribution is 7.14. The molecule has 4 aromatic rings. The van der Waals surface area contributed by atoms with Crippen molar-refractivity contribution in [1.82, 2.24) is 4.98 Å². The fourth-order valence-corrected chi connectivity index (χ4v) is 5.04. The normalized spacial score (nSPS) is 12.4. The Kier molecular flexibility index (Phi) is 5.70. The van der Waals surface area contributed by atoms with Gasteiger partial charge in [0.1, 0.15) is 0 Å². The molecule has 2 N–H and O–H groups in total. The highest BCUT2D eigenvalue weighted by Crippen LogP contribution is 2.34. The minimum atomic E-state index is -0.189. The Labute approximate surface area is 193 Å². The topological polar surface area (TPSA) is 74.3 Å². The molecule has 0 bridgehead atoms. The molecule has 160 valence electrons. The van der Waals surface area contributed by atoms with Crippen LogP contribution >= 0.6 is 22.7 Å². The van der Waals surface area contributed by atoms with E-state index in [0.29, 0.717) is 15.7 Å². The van der Waals surface area contributed by atoms with E-state index < -0.39 is 0 Å². The van der Waals surface area contributed by atoms with Gasteiger partial charge in [0.25, 0.3) is 5.91 Å². The number of carbonyl (C=O) groups is 2. The number of hydrogen-bond acceptors (Lipinski definition) is 6. The molecule has 0 radical (unpaired) electrons. The first kappa shape index (κ1) is 20.4. The van der Waals surface area contributed by atoms with Crippen LogP contribution in [-0.2, 0) is 17.6 Å². The Balaban J connectivity index is 1.17. The van der Waals surface area contributed by atoms with Gasteiger partial charge in [-0.3, -0.25) is 14.9 Å². The van der Waals surface area contributed by atoms with Crippen LogP contribution in [0.5, 0.6) is 0 Å². The van der Waals surface area contributed by atoms with Crippen molar-refractivity contribution in [3.63, 3.8) is 0 Å². The molecule has 8 heteroatoms. The number of nitrogens with one attached hydrogen (secondary N) is 2. The third kappa shape index (κ3) is 4.42. The van der Waals surface area contributed by atoms with Crippen LogP contribution in [0.3, 0.4) is 0 Å². The molecule has 1 aliphatic rings. The summed E-state index contributed by atoms with van der Waals surface area (Å²) in [6.45, 7) is 0.959. The molecule has 3 heterocycles. The number of amides is 2. The Morgan fingerprint density at radius 2 is 1.81 bits per heavy atom. The zero-order chi connectivity index (χ0) is 21.9. The van der Waals surface area contributed by atoms with Gasteiger partial charge in [0.15, 0.2) is 5.13 Å². The molecule has 2 amide bonds. The number of nitrogens with zero attached hydrogens (tertiary/aromatic N) is 2. The number of thiazole rings is 1.